The first-order chi connectivity index (χ1) is 8.07. The van der Waals surface area contributed by atoms with Gasteiger partial charge in [-0.2, -0.15) is 0 Å². The lowest BCUT2D eigenvalue weighted by Crippen LogP contribution is -2.51. The van der Waals surface area contributed by atoms with Gasteiger partial charge < -0.3 is 10.6 Å². The third-order valence-electron chi connectivity index (χ3n) is 3.70. The zero-order chi connectivity index (χ0) is 12.3. The highest BCUT2D eigenvalue weighted by Crippen LogP contribution is 2.19. The molecule has 1 unspecified atom stereocenters. The third kappa shape index (κ3) is 3.55. The van der Waals surface area contributed by atoms with Crippen molar-refractivity contribution in [3.63, 3.8) is 0 Å². The molecule has 2 nitrogen and oxygen atoms in total. The van der Waals surface area contributed by atoms with Crippen LogP contribution >= 0.6 is 0 Å². The molecule has 2 N–H and O–H groups in total. The fourth-order valence-electron chi connectivity index (χ4n) is 2.61. The highest BCUT2D eigenvalue weighted by molar-refractivity contribution is 5.25. The molecule has 2 rings (SSSR count). The second-order valence-electron chi connectivity index (χ2n) is 5.81. The molecule has 0 bridgehead atoms. The first-order valence-electron chi connectivity index (χ1n) is 6.60. The van der Waals surface area contributed by atoms with Crippen molar-refractivity contribution >= 4 is 0 Å². The quantitative estimate of drug-likeness (QED) is 0.837. The Balaban J connectivity index is 1.88. The Labute approximate surface area is 105 Å². The average Bonchev–Trinajstić information content (AvgIpc) is 2.27. The summed E-state index contributed by atoms with van der Waals surface area (Å²) in [5.41, 5.74) is 3.08. The maximum Gasteiger partial charge on any atom is 0.0210 e. The first-order valence-corrected chi connectivity index (χ1v) is 6.60. The Morgan fingerprint density at radius 2 is 2.12 bits per heavy atom. The summed E-state index contributed by atoms with van der Waals surface area (Å²) in [5.74, 6) is 0. The van der Waals surface area contributed by atoms with E-state index >= 15 is 0 Å². The minimum atomic E-state index is 0.279. The van der Waals surface area contributed by atoms with Crippen molar-refractivity contribution in [3.05, 3.63) is 35.4 Å². The highest BCUT2D eigenvalue weighted by Gasteiger charge is 2.26. The maximum atomic E-state index is 3.69. The van der Waals surface area contributed by atoms with E-state index in [1.165, 1.54) is 24.0 Å². The molecular formula is C15H24N2. The summed E-state index contributed by atoms with van der Waals surface area (Å²) in [4.78, 5) is 0. The monoisotopic (exact) mass is 232 g/mol. The SMILES string of the molecule is Cc1ccccc1CNC1CCNC(C)(C)C1. The average molecular weight is 232 g/mol. The number of rotatable bonds is 3. The molecule has 2 heteroatoms. The summed E-state index contributed by atoms with van der Waals surface area (Å²) in [6.45, 7) is 8.87. The molecule has 1 aromatic rings. The second kappa shape index (κ2) is 5.19. The van der Waals surface area contributed by atoms with Crippen LogP contribution < -0.4 is 10.6 Å². The summed E-state index contributed by atoms with van der Waals surface area (Å²) in [6, 6.07) is 9.27. The molecule has 1 aliphatic heterocycles. The zero-order valence-electron chi connectivity index (χ0n) is 11.2. The van der Waals surface area contributed by atoms with E-state index in [1.807, 2.05) is 0 Å². The smallest absolute Gasteiger partial charge is 0.0210 e. The lowest BCUT2D eigenvalue weighted by atomic mass is 9.89. The molecule has 1 atom stereocenters. The fraction of sp³-hybridized carbons (Fsp3) is 0.600. The van der Waals surface area contributed by atoms with Crippen LogP contribution in [-0.2, 0) is 6.54 Å². The standard InChI is InChI=1S/C15H24N2/c1-12-6-4-5-7-13(12)11-16-14-8-9-17-15(2,3)10-14/h4-7,14,16-17H,8-11H2,1-3H3. The Kier molecular flexibility index (Phi) is 3.85. The van der Waals surface area contributed by atoms with Gasteiger partial charge in [-0.05, 0) is 51.3 Å². The van der Waals surface area contributed by atoms with Crippen LogP contribution in [0.2, 0.25) is 0 Å². The number of nitrogens with one attached hydrogen (secondary N) is 2. The van der Waals surface area contributed by atoms with E-state index in [4.69, 9.17) is 0 Å². The van der Waals surface area contributed by atoms with Gasteiger partial charge in [0.05, 0.1) is 0 Å². The van der Waals surface area contributed by atoms with Gasteiger partial charge in [0.15, 0.2) is 0 Å². The Morgan fingerprint density at radius 3 is 2.82 bits per heavy atom. The van der Waals surface area contributed by atoms with E-state index < -0.39 is 0 Å². The maximum absolute atomic E-state index is 3.69. The number of aryl methyl sites for hydroxylation is 1. The molecule has 0 radical (unpaired) electrons. The van der Waals surface area contributed by atoms with Crippen LogP contribution in [0.15, 0.2) is 24.3 Å². The molecule has 94 valence electrons. The second-order valence-corrected chi connectivity index (χ2v) is 5.81. The predicted octanol–water partition coefficient (Wildman–Crippen LogP) is 2.62. The van der Waals surface area contributed by atoms with Crippen molar-refractivity contribution in [3.8, 4) is 0 Å². The van der Waals surface area contributed by atoms with Crippen molar-refractivity contribution in [2.24, 2.45) is 0 Å². The van der Waals surface area contributed by atoms with Crippen LogP contribution in [0.3, 0.4) is 0 Å². The number of benzene rings is 1. The lowest BCUT2D eigenvalue weighted by molar-refractivity contribution is 0.247. The number of piperidine rings is 1. The molecule has 0 amide bonds. The normalized spacial score (nSPS) is 23.6. The van der Waals surface area contributed by atoms with Crippen molar-refractivity contribution in [1.82, 2.24) is 10.6 Å². The molecule has 1 saturated heterocycles. The van der Waals surface area contributed by atoms with Gasteiger partial charge in [-0.15, -0.1) is 0 Å². The van der Waals surface area contributed by atoms with Crippen LogP contribution in [-0.4, -0.2) is 18.1 Å². The van der Waals surface area contributed by atoms with E-state index in [-0.39, 0.29) is 5.54 Å². The molecule has 0 spiro atoms. The van der Waals surface area contributed by atoms with Crippen LogP contribution in [0.1, 0.15) is 37.8 Å². The number of hydrogen-bond acceptors (Lipinski definition) is 2. The van der Waals surface area contributed by atoms with E-state index in [0.29, 0.717) is 6.04 Å². The predicted molar refractivity (Wildman–Crippen MR) is 73.1 cm³/mol. The minimum absolute atomic E-state index is 0.279. The molecule has 0 aromatic heterocycles. The fourth-order valence-corrected chi connectivity index (χ4v) is 2.61. The van der Waals surface area contributed by atoms with Gasteiger partial charge >= 0.3 is 0 Å². The van der Waals surface area contributed by atoms with Crippen LogP contribution in [0.25, 0.3) is 0 Å². The molecule has 0 aliphatic carbocycles. The Bertz CT molecular complexity index is 371. The molecule has 1 heterocycles. The van der Waals surface area contributed by atoms with Gasteiger partial charge in [0.25, 0.3) is 0 Å². The zero-order valence-corrected chi connectivity index (χ0v) is 11.2. The summed E-state index contributed by atoms with van der Waals surface area (Å²) < 4.78 is 0. The summed E-state index contributed by atoms with van der Waals surface area (Å²) in [5, 5.41) is 7.25. The van der Waals surface area contributed by atoms with Gasteiger partial charge in [-0.3, -0.25) is 0 Å². The first kappa shape index (κ1) is 12.6. The molecule has 17 heavy (non-hydrogen) atoms. The third-order valence-corrected chi connectivity index (χ3v) is 3.70. The Hall–Kier alpha value is -0.860. The van der Waals surface area contributed by atoms with Gasteiger partial charge in [-0.25, -0.2) is 0 Å². The van der Waals surface area contributed by atoms with Crippen molar-refractivity contribution < 1.29 is 0 Å². The summed E-state index contributed by atoms with van der Waals surface area (Å²) in [6.07, 6.45) is 2.44. The van der Waals surface area contributed by atoms with Crippen molar-refractivity contribution in [1.29, 1.82) is 0 Å². The van der Waals surface area contributed by atoms with E-state index in [1.54, 1.807) is 0 Å². The van der Waals surface area contributed by atoms with Crippen LogP contribution in [0, 0.1) is 6.92 Å². The summed E-state index contributed by atoms with van der Waals surface area (Å²) in [7, 11) is 0. The molecular weight excluding hydrogens is 208 g/mol. The van der Waals surface area contributed by atoms with Crippen LogP contribution in [0.5, 0.6) is 0 Å². The Morgan fingerprint density at radius 1 is 1.35 bits per heavy atom. The van der Waals surface area contributed by atoms with Gasteiger partial charge in [0.1, 0.15) is 0 Å². The molecule has 1 aromatic carbocycles. The van der Waals surface area contributed by atoms with Gasteiger partial charge in [-0.1, -0.05) is 24.3 Å². The summed E-state index contributed by atoms with van der Waals surface area (Å²) >= 11 is 0. The van der Waals surface area contributed by atoms with Gasteiger partial charge in [0, 0.05) is 18.1 Å². The molecule has 1 fully saturated rings. The minimum Gasteiger partial charge on any atom is -0.312 e. The van der Waals surface area contributed by atoms with Crippen LogP contribution in [0.4, 0.5) is 0 Å². The largest absolute Gasteiger partial charge is 0.312 e. The highest BCUT2D eigenvalue weighted by atomic mass is 15.0. The lowest BCUT2D eigenvalue weighted by Gasteiger charge is -2.37. The molecule has 1 aliphatic rings. The van der Waals surface area contributed by atoms with Crippen molar-refractivity contribution in [2.75, 3.05) is 6.54 Å². The number of hydrogen-bond donors (Lipinski definition) is 2. The van der Waals surface area contributed by atoms with E-state index in [2.05, 4.69) is 55.7 Å². The topological polar surface area (TPSA) is 24.1 Å². The molecule has 0 saturated carbocycles. The van der Waals surface area contributed by atoms with Gasteiger partial charge in [0.2, 0.25) is 0 Å². The van der Waals surface area contributed by atoms with E-state index in [0.717, 1.165) is 13.1 Å². The van der Waals surface area contributed by atoms with E-state index in [9.17, 15) is 0 Å². The van der Waals surface area contributed by atoms with Crippen molar-refractivity contribution in [2.45, 2.75) is 51.7 Å².